The molecule has 0 aliphatic heterocycles. The number of methoxy groups -OCH3 is 1. The van der Waals surface area contributed by atoms with Gasteiger partial charge in [-0.25, -0.2) is 4.39 Å². The lowest BCUT2D eigenvalue weighted by Crippen LogP contribution is -2.30. The lowest BCUT2D eigenvalue weighted by atomic mass is 10.0. The molecule has 0 spiro atoms. The molecule has 0 saturated carbocycles. The van der Waals surface area contributed by atoms with Gasteiger partial charge in [0.15, 0.2) is 0 Å². The molecule has 0 aromatic heterocycles. The molecule has 4 heteroatoms. The van der Waals surface area contributed by atoms with Crippen LogP contribution < -0.4 is 10.1 Å². The first-order chi connectivity index (χ1) is 8.13. The Kier molecular flexibility index (Phi) is 5.38. The molecule has 0 aliphatic carbocycles. The molecule has 2 unspecified atom stereocenters. The zero-order valence-electron chi connectivity index (χ0n) is 10.8. The molecule has 0 amide bonds. The summed E-state index contributed by atoms with van der Waals surface area (Å²) in [4.78, 5) is 0. The first-order valence-corrected chi connectivity index (χ1v) is 5.76. The van der Waals surface area contributed by atoms with Gasteiger partial charge >= 0.3 is 0 Å². The molecule has 1 aromatic carbocycles. The monoisotopic (exact) mass is 241 g/mol. The van der Waals surface area contributed by atoms with Crippen LogP contribution in [0.15, 0.2) is 18.2 Å². The van der Waals surface area contributed by atoms with Gasteiger partial charge < -0.3 is 14.8 Å². The summed E-state index contributed by atoms with van der Waals surface area (Å²) in [6.45, 7) is 4.46. The van der Waals surface area contributed by atoms with Gasteiger partial charge in [-0.05, 0) is 27.0 Å². The predicted molar refractivity (Wildman–Crippen MR) is 65.8 cm³/mol. The van der Waals surface area contributed by atoms with Crippen LogP contribution in [0.3, 0.4) is 0 Å². The van der Waals surface area contributed by atoms with Gasteiger partial charge in [-0.1, -0.05) is 6.07 Å². The lowest BCUT2D eigenvalue weighted by Gasteiger charge is -2.24. The van der Waals surface area contributed by atoms with Crippen molar-refractivity contribution in [1.29, 1.82) is 0 Å². The van der Waals surface area contributed by atoms with Crippen LogP contribution in [0.4, 0.5) is 4.39 Å². The third kappa shape index (κ3) is 3.41. The molecule has 17 heavy (non-hydrogen) atoms. The minimum Gasteiger partial charge on any atom is -0.497 e. The van der Waals surface area contributed by atoms with Gasteiger partial charge in [-0.3, -0.25) is 0 Å². The summed E-state index contributed by atoms with van der Waals surface area (Å²) in [5, 5.41) is 3.08. The Bertz CT molecular complexity index is 357. The van der Waals surface area contributed by atoms with E-state index in [0.29, 0.717) is 17.9 Å². The fourth-order valence-corrected chi connectivity index (χ4v) is 1.89. The molecule has 0 bridgehead atoms. The Labute approximate surface area is 102 Å². The first kappa shape index (κ1) is 13.9. The first-order valence-electron chi connectivity index (χ1n) is 5.76. The Morgan fingerprint density at radius 3 is 2.59 bits per heavy atom. The molecule has 0 saturated heterocycles. The summed E-state index contributed by atoms with van der Waals surface area (Å²) in [5.74, 6) is 0.236. The fraction of sp³-hybridized carbons (Fsp3) is 0.538. The van der Waals surface area contributed by atoms with Crippen LogP contribution in [0.2, 0.25) is 0 Å². The smallest absolute Gasteiger partial charge is 0.131 e. The van der Waals surface area contributed by atoms with Crippen molar-refractivity contribution in [3.63, 3.8) is 0 Å². The highest BCUT2D eigenvalue weighted by Crippen LogP contribution is 2.25. The Morgan fingerprint density at radius 2 is 2.12 bits per heavy atom. The van der Waals surface area contributed by atoms with E-state index in [1.807, 2.05) is 13.8 Å². The van der Waals surface area contributed by atoms with Gasteiger partial charge in [0.05, 0.1) is 19.3 Å². The van der Waals surface area contributed by atoms with Crippen LogP contribution in [0.25, 0.3) is 0 Å². The highest BCUT2D eigenvalue weighted by molar-refractivity contribution is 5.31. The number of hydrogen-bond acceptors (Lipinski definition) is 3. The van der Waals surface area contributed by atoms with Gasteiger partial charge in [0.2, 0.25) is 0 Å². The minimum absolute atomic E-state index is 0.0899. The van der Waals surface area contributed by atoms with Crippen molar-refractivity contribution in [2.75, 3.05) is 20.8 Å². The Balaban J connectivity index is 2.95. The van der Waals surface area contributed by atoms with Crippen molar-refractivity contribution in [2.45, 2.75) is 26.0 Å². The second-order valence-electron chi connectivity index (χ2n) is 3.81. The van der Waals surface area contributed by atoms with Crippen molar-refractivity contribution in [3.8, 4) is 5.75 Å². The van der Waals surface area contributed by atoms with Gasteiger partial charge in [-0.15, -0.1) is 0 Å². The maximum Gasteiger partial charge on any atom is 0.131 e. The van der Waals surface area contributed by atoms with Gasteiger partial charge in [0.1, 0.15) is 11.6 Å². The number of hydrogen-bond donors (Lipinski definition) is 1. The molecular weight excluding hydrogens is 221 g/mol. The van der Waals surface area contributed by atoms with E-state index in [2.05, 4.69) is 5.32 Å². The average Bonchev–Trinajstić information content (AvgIpc) is 2.32. The van der Waals surface area contributed by atoms with Gasteiger partial charge in [0.25, 0.3) is 0 Å². The molecule has 2 atom stereocenters. The second-order valence-corrected chi connectivity index (χ2v) is 3.81. The fourth-order valence-electron chi connectivity index (χ4n) is 1.89. The van der Waals surface area contributed by atoms with E-state index in [4.69, 9.17) is 9.47 Å². The molecular formula is C13H20FNO2. The van der Waals surface area contributed by atoms with Gasteiger partial charge in [-0.2, -0.15) is 0 Å². The largest absolute Gasteiger partial charge is 0.497 e. The average molecular weight is 241 g/mol. The molecule has 0 radical (unpaired) electrons. The zero-order chi connectivity index (χ0) is 12.8. The number of nitrogens with one attached hydrogen (secondary N) is 1. The molecule has 0 heterocycles. The molecule has 0 aliphatic rings. The van der Waals surface area contributed by atoms with E-state index in [-0.39, 0.29) is 18.0 Å². The van der Waals surface area contributed by atoms with E-state index >= 15 is 0 Å². The summed E-state index contributed by atoms with van der Waals surface area (Å²) in [6, 6.07) is 4.70. The van der Waals surface area contributed by atoms with E-state index in [9.17, 15) is 4.39 Å². The van der Waals surface area contributed by atoms with Gasteiger partial charge in [0, 0.05) is 18.2 Å². The molecule has 3 nitrogen and oxygen atoms in total. The number of ether oxygens (including phenoxy) is 2. The van der Waals surface area contributed by atoms with Crippen LogP contribution in [0, 0.1) is 5.82 Å². The highest BCUT2D eigenvalue weighted by Gasteiger charge is 2.21. The third-order valence-electron chi connectivity index (χ3n) is 2.75. The van der Waals surface area contributed by atoms with Crippen molar-refractivity contribution >= 4 is 0 Å². The molecule has 0 fully saturated rings. The van der Waals surface area contributed by atoms with Crippen LogP contribution in [0.5, 0.6) is 5.75 Å². The van der Waals surface area contributed by atoms with Crippen molar-refractivity contribution < 1.29 is 13.9 Å². The molecule has 1 aromatic rings. The third-order valence-corrected chi connectivity index (χ3v) is 2.75. The highest BCUT2D eigenvalue weighted by atomic mass is 19.1. The molecule has 1 rings (SSSR count). The van der Waals surface area contributed by atoms with Crippen LogP contribution >= 0.6 is 0 Å². The quantitative estimate of drug-likeness (QED) is 0.830. The summed E-state index contributed by atoms with van der Waals surface area (Å²) in [6.07, 6.45) is -0.0899. The summed E-state index contributed by atoms with van der Waals surface area (Å²) < 4.78 is 24.4. The number of benzene rings is 1. The number of halogens is 1. The lowest BCUT2D eigenvalue weighted by molar-refractivity contribution is 0.0483. The zero-order valence-corrected chi connectivity index (χ0v) is 10.8. The number of rotatable bonds is 6. The molecule has 96 valence electrons. The van der Waals surface area contributed by atoms with Crippen molar-refractivity contribution in [1.82, 2.24) is 5.32 Å². The van der Waals surface area contributed by atoms with E-state index in [1.165, 1.54) is 13.2 Å². The van der Waals surface area contributed by atoms with Crippen LogP contribution in [-0.2, 0) is 4.74 Å². The standard InChI is InChI=1S/C13H20FNO2/c1-5-17-9(2)13(15-3)11-7-6-10(16-4)8-12(11)14/h6-9,13,15H,5H2,1-4H3. The Hall–Kier alpha value is -1.13. The van der Waals surface area contributed by atoms with Crippen molar-refractivity contribution in [2.24, 2.45) is 0 Å². The maximum atomic E-state index is 13.9. The number of likely N-dealkylation sites (N-methyl/N-ethyl adjacent to an activating group) is 1. The Morgan fingerprint density at radius 1 is 1.41 bits per heavy atom. The maximum absolute atomic E-state index is 13.9. The van der Waals surface area contributed by atoms with E-state index < -0.39 is 0 Å². The van der Waals surface area contributed by atoms with Crippen LogP contribution in [-0.4, -0.2) is 26.9 Å². The summed E-state index contributed by atoms with van der Waals surface area (Å²) >= 11 is 0. The van der Waals surface area contributed by atoms with Crippen LogP contribution in [0.1, 0.15) is 25.5 Å². The normalized spacial score (nSPS) is 14.4. The minimum atomic E-state index is -0.282. The predicted octanol–water partition coefficient (Wildman–Crippen LogP) is 2.52. The van der Waals surface area contributed by atoms with E-state index in [0.717, 1.165) is 0 Å². The second kappa shape index (κ2) is 6.57. The summed E-state index contributed by atoms with van der Waals surface area (Å²) in [5.41, 5.74) is 0.592. The van der Waals surface area contributed by atoms with E-state index in [1.54, 1.807) is 19.2 Å². The summed E-state index contributed by atoms with van der Waals surface area (Å²) in [7, 11) is 3.32. The SMILES string of the molecule is CCOC(C)C(NC)c1ccc(OC)cc1F. The molecule has 1 N–H and O–H groups in total. The topological polar surface area (TPSA) is 30.5 Å². The van der Waals surface area contributed by atoms with Crippen molar-refractivity contribution in [3.05, 3.63) is 29.6 Å².